The molecule has 6 heteroatoms. The van der Waals surface area contributed by atoms with Gasteiger partial charge in [-0.25, -0.2) is 9.18 Å². The molecule has 2 aromatic rings. The zero-order chi connectivity index (χ0) is 15.6. The zero-order valence-corrected chi connectivity index (χ0v) is 11.6. The molecule has 110 valence electrons. The van der Waals surface area contributed by atoms with Crippen LogP contribution in [0.3, 0.4) is 0 Å². The first-order chi connectivity index (χ1) is 9.90. The topological polar surface area (TPSA) is 71.3 Å². The number of carbonyl (C=O) groups excluding carboxylic acids is 1. The summed E-state index contributed by atoms with van der Waals surface area (Å²) in [5.74, 6) is -2.60. The standard InChI is InChI=1S/C15H15FN2O3/c1-9(2)18-7-3-4-13(18)14(19)17-10-5-6-12(16)11(8-10)15(20)21/h3-9H,1-2H3,(H,17,19)(H,20,21). The Morgan fingerprint density at radius 2 is 2.00 bits per heavy atom. The van der Waals surface area contributed by atoms with Gasteiger partial charge in [0.25, 0.3) is 5.91 Å². The van der Waals surface area contributed by atoms with E-state index in [9.17, 15) is 14.0 Å². The number of carboxylic acids is 1. The van der Waals surface area contributed by atoms with Crippen LogP contribution in [-0.2, 0) is 0 Å². The normalized spacial score (nSPS) is 10.7. The van der Waals surface area contributed by atoms with E-state index in [1.54, 1.807) is 22.9 Å². The van der Waals surface area contributed by atoms with Crippen LogP contribution in [0.25, 0.3) is 0 Å². The molecule has 0 atom stereocenters. The van der Waals surface area contributed by atoms with Crippen LogP contribution >= 0.6 is 0 Å². The molecule has 2 N–H and O–H groups in total. The number of aromatic nitrogens is 1. The maximum Gasteiger partial charge on any atom is 0.338 e. The summed E-state index contributed by atoms with van der Waals surface area (Å²) in [6, 6.07) is 6.96. The van der Waals surface area contributed by atoms with Crippen molar-refractivity contribution in [1.82, 2.24) is 4.57 Å². The maximum atomic E-state index is 13.3. The predicted octanol–water partition coefficient (Wildman–Crippen LogP) is 3.16. The van der Waals surface area contributed by atoms with E-state index in [4.69, 9.17) is 5.11 Å². The number of nitrogens with one attached hydrogen (secondary N) is 1. The van der Waals surface area contributed by atoms with Gasteiger partial charge in [0.15, 0.2) is 0 Å². The average molecular weight is 290 g/mol. The van der Waals surface area contributed by atoms with E-state index >= 15 is 0 Å². The van der Waals surface area contributed by atoms with E-state index in [1.165, 1.54) is 6.07 Å². The summed E-state index contributed by atoms with van der Waals surface area (Å²) in [7, 11) is 0. The van der Waals surface area contributed by atoms with E-state index in [2.05, 4.69) is 5.32 Å². The summed E-state index contributed by atoms with van der Waals surface area (Å²) in [6.45, 7) is 3.88. The highest BCUT2D eigenvalue weighted by Gasteiger charge is 2.15. The minimum atomic E-state index is -1.38. The van der Waals surface area contributed by atoms with E-state index in [0.717, 1.165) is 12.1 Å². The van der Waals surface area contributed by atoms with Crippen LogP contribution in [0.2, 0.25) is 0 Å². The number of hydrogen-bond acceptors (Lipinski definition) is 2. The van der Waals surface area contributed by atoms with E-state index in [0.29, 0.717) is 5.69 Å². The van der Waals surface area contributed by atoms with Gasteiger partial charge in [-0.05, 0) is 44.2 Å². The SMILES string of the molecule is CC(C)n1cccc1C(=O)Nc1ccc(F)c(C(=O)O)c1. The molecular formula is C15H15FN2O3. The molecule has 0 unspecified atom stereocenters. The lowest BCUT2D eigenvalue weighted by atomic mass is 10.2. The number of rotatable bonds is 4. The first-order valence-electron chi connectivity index (χ1n) is 6.41. The number of aromatic carboxylic acids is 1. The van der Waals surface area contributed by atoms with Gasteiger partial charge in [0, 0.05) is 17.9 Å². The highest BCUT2D eigenvalue weighted by Crippen LogP contribution is 2.17. The second-order valence-electron chi connectivity index (χ2n) is 4.85. The van der Waals surface area contributed by atoms with Gasteiger partial charge in [0.2, 0.25) is 0 Å². The van der Waals surface area contributed by atoms with Gasteiger partial charge < -0.3 is 15.0 Å². The lowest BCUT2D eigenvalue weighted by Gasteiger charge is -2.13. The van der Waals surface area contributed by atoms with Gasteiger partial charge in [0.05, 0.1) is 5.56 Å². The number of amides is 1. The van der Waals surface area contributed by atoms with Crippen molar-refractivity contribution >= 4 is 17.6 Å². The fraction of sp³-hybridized carbons (Fsp3) is 0.200. The van der Waals surface area contributed by atoms with Crippen molar-refractivity contribution in [1.29, 1.82) is 0 Å². The van der Waals surface area contributed by atoms with Crippen molar-refractivity contribution in [3.8, 4) is 0 Å². The molecule has 0 radical (unpaired) electrons. The zero-order valence-electron chi connectivity index (χ0n) is 11.6. The molecular weight excluding hydrogens is 275 g/mol. The Bertz CT molecular complexity index is 692. The smallest absolute Gasteiger partial charge is 0.338 e. The van der Waals surface area contributed by atoms with Crippen molar-refractivity contribution in [2.24, 2.45) is 0 Å². The molecule has 0 aliphatic carbocycles. The summed E-state index contributed by atoms with van der Waals surface area (Å²) in [5.41, 5.74) is 0.202. The summed E-state index contributed by atoms with van der Waals surface area (Å²) >= 11 is 0. The van der Waals surface area contributed by atoms with Gasteiger partial charge in [-0.15, -0.1) is 0 Å². The summed E-state index contributed by atoms with van der Waals surface area (Å²) in [4.78, 5) is 23.1. The fourth-order valence-corrected chi connectivity index (χ4v) is 2.00. The fourth-order valence-electron chi connectivity index (χ4n) is 2.00. The molecule has 0 aliphatic heterocycles. The minimum Gasteiger partial charge on any atom is -0.478 e. The maximum absolute atomic E-state index is 13.3. The Morgan fingerprint density at radius 3 is 2.62 bits per heavy atom. The molecule has 0 bridgehead atoms. The Hall–Kier alpha value is -2.63. The number of anilines is 1. The molecule has 0 saturated heterocycles. The van der Waals surface area contributed by atoms with E-state index in [1.807, 2.05) is 13.8 Å². The number of benzene rings is 1. The van der Waals surface area contributed by atoms with Gasteiger partial charge in [0.1, 0.15) is 11.5 Å². The van der Waals surface area contributed by atoms with Crippen molar-refractivity contribution < 1.29 is 19.1 Å². The number of halogens is 1. The van der Waals surface area contributed by atoms with Crippen LogP contribution in [0, 0.1) is 5.82 Å². The third-order valence-electron chi connectivity index (χ3n) is 3.02. The summed E-state index contributed by atoms with van der Waals surface area (Å²) in [5, 5.41) is 11.4. The van der Waals surface area contributed by atoms with Crippen molar-refractivity contribution in [3.05, 3.63) is 53.6 Å². The molecule has 0 aliphatic rings. The first-order valence-corrected chi connectivity index (χ1v) is 6.41. The molecule has 1 heterocycles. The minimum absolute atomic E-state index is 0.114. The molecule has 21 heavy (non-hydrogen) atoms. The van der Waals surface area contributed by atoms with Crippen molar-refractivity contribution in [2.45, 2.75) is 19.9 Å². The molecule has 1 aromatic carbocycles. The monoisotopic (exact) mass is 290 g/mol. The van der Waals surface area contributed by atoms with Crippen molar-refractivity contribution in [3.63, 3.8) is 0 Å². The van der Waals surface area contributed by atoms with Crippen molar-refractivity contribution in [2.75, 3.05) is 5.32 Å². The van der Waals surface area contributed by atoms with Crippen LogP contribution in [0.1, 0.15) is 40.7 Å². The second-order valence-corrected chi connectivity index (χ2v) is 4.85. The average Bonchev–Trinajstić information content (AvgIpc) is 2.90. The Balaban J connectivity index is 2.26. The molecule has 1 amide bonds. The molecule has 2 rings (SSSR count). The Labute approximate surface area is 121 Å². The van der Waals surface area contributed by atoms with Gasteiger partial charge in [-0.3, -0.25) is 4.79 Å². The summed E-state index contributed by atoms with van der Waals surface area (Å²) in [6.07, 6.45) is 1.78. The third-order valence-corrected chi connectivity index (χ3v) is 3.02. The van der Waals surface area contributed by atoms with Gasteiger partial charge in [-0.1, -0.05) is 0 Å². The van der Waals surface area contributed by atoms with Gasteiger partial charge in [-0.2, -0.15) is 0 Å². The highest BCUT2D eigenvalue weighted by atomic mass is 19.1. The number of hydrogen-bond donors (Lipinski definition) is 2. The summed E-state index contributed by atoms with van der Waals surface area (Å²) < 4.78 is 15.1. The van der Waals surface area contributed by atoms with Crippen LogP contribution in [0.5, 0.6) is 0 Å². The van der Waals surface area contributed by atoms with Crippen LogP contribution in [-0.4, -0.2) is 21.6 Å². The quantitative estimate of drug-likeness (QED) is 0.908. The van der Waals surface area contributed by atoms with Crippen LogP contribution in [0.4, 0.5) is 10.1 Å². The Morgan fingerprint density at radius 1 is 1.29 bits per heavy atom. The number of nitrogens with zero attached hydrogens (tertiary/aromatic N) is 1. The van der Waals surface area contributed by atoms with E-state index < -0.39 is 17.3 Å². The molecule has 0 spiro atoms. The predicted molar refractivity (Wildman–Crippen MR) is 76.1 cm³/mol. The number of carbonyl (C=O) groups is 2. The van der Waals surface area contributed by atoms with E-state index in [-0.39, 0.29) is 17.6 Å². The molecule has 5 nitrogen and oxygen atoms in total. The van der Waals surface area contributed by atoms with Crippen LogP contribution < -0.4 is 5.32 Å². The lowest BCUT2D eigenvalue weighted by molar-refractivity contribution is 0.0691. The molecule has 0 fully saturated rings. The largest absolute Gasteiger partial charge is 0.478 e. The number of carboxylic acid groups (broad SMARTS) is 1. The molecule has 0 saturated carbocycles. The van der Waals surface area contributed by atoms with Gasteiger partial charge >= 0.3 is 5.97 Å². The first kappa shape index (κ1) is 14.8. The second kappa shape index (κ2) is 5.78. The Kier molecular flexibility index (Phi) is 4.07. The highest BCUT2D eigenvalue weighted by molar-refractivity contribution is 6.03. The lowest BCUT2D eigenvalue weighted by Crippen LogP contribution is -2.18. The van der Waals surface area contributed by atoms with Crippen LogP contribution in [0.15, 0.2) is 36.5 Å². The molecule has 1 aromatic heterocycles. The third kappa shape index (κ3) is 3.10.